The number of anilines is 1. The number of nitrogens with zero attached hydrogens (tertiary/aromatic N) is 3. The van der Waals surface area contributed by atoms with Crippen LogP contribution in [-0.4, -0.2) is 41.3 Å². The smallest absolute Gasteiger partial charge is 0.155 e. The Kier molecular flexibility index (Phi) is 3.39. The minimum atomic E-state index is 0.490. The summed E-state index contributed by atoms with van der Waals surface area (Å²) in [6, 6.07) is 0.490. The number of likely N-dealkylation sites (tertiary alicyclic amines) is 1. The second-order valence-electron chi connectivity index (χ2n) is 5.40. The number of likely N-dealkylation sites (N-methyl/N-ethyl adjacent to an activating group) is 1. The quantitative estimate of drug-likeness (QED) is 0.890. The minimum absolute atomic E-state index is 0.490. The Labute approximate surface area is 113 Å². The number of halogens is 1. The van der Waals surface area contributed by atoms with Crippen molar-refractivity contribution in [2.24, 2.45) is 0 Å². The summed E-state index contributed by atoms with van der Waals surface area (Å²) in [5.41, 5.74) is 2.50. The summed E-state index contributed by atoms with van der Waals surface area (Å²) in [4.78, 5) is 2.37. The van der Waals surface area contributed by atoms with Crippen LogP contribution in [0.2, 0.25) is 5.15 Å². The van der Waals surface area contributed by atoms with Crippen molar-refractivity contribution in [3.05, 3.63) is 16.3 Å². The van der Waals surface area contributed by atoms with E-state index in [4.69, 9.17) is 11.6 Å². The molecule has 98 valence electrons. The molecule has 0 spiro atoms. The van der Waals surface area contributed by atoms with E-state index < -0.39 is 0 Å². The van der Waals surface area contributed by atoms with Crippen molar-refractivity contribution >= 4 is 17.4 Å². The molecule has 0 bridgehead atoms. The Hall–Kier alpha value is -0.870. The molecule has 1 fully saturated rings. The number of hydrogen-bond acceptors (Lipinski definition) is 4. The first-order chi connectivity index (χ1) is 8.74. The van der Waals surface area contributed by atoms with Crippen molar-refractivity contribution < 1.29 is 0 Å². The number of aromatic nitrogens is 2. The topological polar surface area (TPSA) is 41.0 Å². The lowest BCUT2D eigenvalue weighted by Gasteiger charge is -2.30. The first kappa shape index (κ1) is 12.2. The van der Waals surface area contributed by atoms with E-state index >= 15 is 0 Å². The van der Waals surface area contributed by atoms with Gasteiger partial charge < -0.3 is 10.2 Å². The first-order valence-corrected chi connectivity index (χ1v) is 7.11. The maximum absolute atomic E-state index is 6.10. The Balaban J connectivity index is 1.79. The lowest BCUT2D eigenvalue weighted by molar-refractivity contribution is 0.260. The third kappa shape index (κ3) is 2.31. The number of hydrogen-bond donors (Lipinski definition) is 1. The molecule has 1 aliphatic carbocycles. The molecule has 0 radical (unpaired) electrons. The Bertz CT molecular complexity index is 449. The molecule has 1 aromatic rings. The zero-order valence-corrected chi connectivity index (χ0v) is 11.5. The standard InChI is InChI=1S/C13H19ClN4/c1-18-7-3-4-9(8-18)15-13-11-6-2-5-10(11)12(14)16-17-13/h9H,2-8H2,1H3,(H,15,17)/t9-/m1/s1. The maximum Gasteiger partial charge on any atom is 0.155 e. The third-order valence-corrected chi connectivity index (χ3v) is 4.26. The molecule has 2 aliphatic rings. The number of fused-ring (bicyclic) bond motifs is 1. The molecule has 2 heterocycles. The Morgan fingerprint density at radius 2 is 2.06 bits per heavy atom. The van der Waals surface area contributed by atoms with Gasteiger partial charge in [0.15, 0.2) is 11.0 Å². The van der Waals surface area contributed by atoms with Gasteiger partial charge in [-0.3, -0.25) is 0 Å². The summed E-state index contributed by atoms with van der Waals surface area (Å²) in [5, 5.41) is 12.5. The molecular formula is C13H19ClN4. The summed E-state index contributed by atoms with van der Waals surface area (Å²) in [6.45, 7) is 2.28. The molecule has 1 atom stereocenters. The van der Waals surface area contributed by atoms with Crippen LogP contribution in [0.5, 0.6) is 0 Å². The van der Waals surface area contributed by atoms with E-state index in [1.165, 1.54) is 36.9 Å². The summed E-state index contributed by atoms with van der Waals surface area (Å²) in [7, 11) is 2.17. The highest BCUT2D eigenvalue weighted by molar-refractivity contribution is 6.30. The molecule has 1 saturated heterocycles. The van der Waals surface area contributed by atoms with Gasteiger partial charge in [0.1, 0.15) is 0 Å². The van der Waals surface area contributed by atoms with E-state index in [0.29, 0.717) is 11.2 Å². The SMILES string of the molecule is CN1CCC[C@@H](Nc2nnc(Cl)c3c2CCC3)C1. The van der Waals surface area contributed by atoms with Crippen molar-refractivity contribution in [3.63, 3.8) is 0 Å². The van der Waals surface area contributed by atoms with Gasteiger partial charge in [-0.15, -0.1) is 10.2 Å². The second-order valence-corrected chi connectivity index (χ2v) is 5.75. The zero-order valence-electron chi connectivity index (χ0n) is 10.7. The molecule has 1 N–H and O–H groups in total. The lowest BCUT2D eigenvalue weighted by atomic mass is 10.1. The highest BCUT2D eigenvalue weighted by Crippen LogP contribution is 2.31. The fraction of sp³-hybridized carbons (Fsp3) is 0.692. The molecule has 18 heavy (non-hydrogen) atoms. The largest absolute Gasteiger partial charge is 0.364 e. The van der Waals surface area contributed by atoms with Gasteiger partial charge in [0, 0.05) is 18.2 Å². The Morgan fingerprint density at radius 3 is 2.89 bits per heavy atom. The normalized spacial score (nSPS) is 24.0. The third-order valence-electron chi connectivity index (χ3n) is 3.96. The van der Waals surface area contributed by atoms with Gasteiger partial charge in [-0.1, -0.05) is 11.6 Å². The summed E-state index contributed by atoms with van der Waals surface area (Å²) in [5.74, 6) is 0.965. The monoisotopic (exact) mass is 266 g/mol. The molecule has 5 heteroatoms. The van der Waals surface area contributed by atoms with E-state index in [2.05, 4.69) is 27.5 Å². The molecule has 4 nitrogen and oxygen atoms in total. The molecular weight excluding hydrogens is 248 g/mol. The van der Waals surface area contributed by atoms with E-state index in [9.17, 15) is 0 Å². The molecule has 3 rings (SSSR count). The van der Waals surface area contributed by atoms with Gasteiger partial charge in [0.25, 0.3) is 0 Å². The average molecular weight is 267 g/mol. The average Bonchev–Trinajstić information content (AvgIpc) is 2.83. The van der Waals surface area contributed by atoms with E-state index in [1.54, 1.807) is 0 Å². The Morgan fingerprint density at radius 1 is 1.22 bits per heavy atom. The van der Waals surface area contributed by atoms with Crippen LogP contribution in [-0.2, 0) is 12.8 Å². The van der Waals surface area contributed by atoms with Crippen molar-refractivity contribution in [2.45, 2.75) is 38.1 Å². The van der Waals surface area contributed by atoms with Crippen LogP contribution in [0.1, 0.15) is 30.4 Å². The predicted octanol–water partition coefficient (Wildman–Crippen LogP) is 2.12. The number of rotatable bonds is 2. The van der Waals surface area contributed by atoms with Gasteiger partial charge >= 0.3 is 0 Å². The first-order valence-electron chi connectivity index (χ1n) is 6.73. The van der Waals surface area contributed by atoms with Crippen LogP contribution >= 0.6 is 11.6 Å². The molecule has 0 saturated carbocycles. The van der Waals surface area contributed by atoms with E-state index in [1.807, 2.05) is 0 Å². The fourth-order valence-corrected chi connectivity index (χ4v) is 3.29. The van der Waals surface area contributed by atoms with Gasteiger partial charge in [-0.25, -0.2) is 0 Å². The molecule has 0 aromatic carbocycles. The van der Waals surface area contributed by atoms with Gasteiger partial charge in [-0.05, 0) is 51.3 Å². The van der Waals surface area contributed by atoms with E-state index in [-0.39, 0.29) is 0 Å². The number of piperidine rings is 1. The maximum atomic E-state index is 6.10. The zero-order chi connectivity index (χ0) is 12.5. The van der Waals surface area contributed by atoms with Crippen LogP contribution in [0.4, 0.5) is 5.82 Å². The summed E-state index contributed by atoms with van der Waals surface area (Å²) < 4.78 is 0. The molecule has 0 amide bonds. The van der Waals surface area contributed by atoms with Crippen LogP contribution in [0, 0.1) is 0 Å². The predicted molar refractivity (Wildman–Crippen MR) is 73.2 cm³/mol. The van der Waals surface area contributed by atoms with Crippen molar-refractivity contribution in [1.29, 1.82) is 0 Å². The lowest BCUT2D eigenvalue weighted by Crippen LogP contribution is -2.40. The van der Waals surface area contributed by atoms with Gasteiger partial charge in [0.05, 0.1) is 0 Å². The van der Waals surface area contributed by atoms with E-state index in [0.717, 1.165) is 25.2 Å². The van der Waals surface area contributed by atoms with Gasteiger partial charge in [-0.2, -0.15) is 0 Å². The molecule has 0 unspecified atom stereocenters. The summed E-state index contributed by atoms with van der Waals surface area (Å²) in [6.07, 6.45) is 5.75. The fourth-order valence-electron chi connectivity index (χ4n) is 3.04. The minimum Gasteiger partial charge on any atom is -0.364 e. The van der Waals surface area contributed by atoms with Crippen molar-refractivity contribution in [2.75, 3.05) is 25.5 Å². The summed E-state index contributed by atoms with van der Waals surface area (Å²) >= 11 is 6.10. The van der Waals surface area contributed by atoms with Crippen molar-refractivity contribution in [3.8, 4) is 0 Å². The van der Waals surface area contributed by atoms with Crippen molar-refractivity contribution in [1.82, 2.24) is 15.1 Å². The van der Waals surface area contributed by atoms with Crippen LogP contribution in [0.25, 0.3) is 0 Å². The van der Waals surface area contributed by atoms with Crippen LogP contribution < -0.4 is 5.32 Å². The van der Waals surface area contributed by atoms with Gasteiger partial charge in [0.2, 0.25) is 0 Å². The molecule has 1 aliphatic heterocycles. The highest BCUT2D eigenvalue weighted by Gasteiger charge is 2.23. The highest BCUT2D eigenvalue weighted by atomic mass is 35.5. The molecule has 1 aromatic heterocycles. The second kappa shape index (κ2) is 5.02. The van der Waals surface area contributed by atoms with Crippen LogP contribution in [0.15, 0.2) is 0 Å². The van der Waals surface area contributed by atoms with Crippen LogP contribution in [0.3, 0.4) is 0 Å². The number of nitrogens with one attached hydrogen (secondary N) is 1.